The molecule has 0 aliphatic heterocycles. The van der Waals surface area contributed by atoms with E-state index in [0.29, 0.717) is 16.9 Å². The lowest BCUT2D eigenvalue weighted by Crippen LogP contribution is -2.41. The smallest absolute Gasteiger partial charge is 0.271 e. The summed E-state index contributed by atoms with van der Waals surface area (Å²) in [5, 5.41) is 7.34. The van der Waals surface area contributed by atoms with Gasteiger partial charge in [-0.2, -0.15) is 5.10 Å². The quantitative estimate of drug-likeness (QED) is 0.310. The van der Waals surface area contributed by atoms with E-state index in [2.05, 4.69) is 26.0 Å². The van der Waals surface area contributed by atoms with Gasteiger partial charge in [-0.3, -0.25) is 25.5 Å². The van der Waals surface area contributed by atoms with Crippen LogP contribution in [0.3, 0.4) is 0 Å². The Bertz CT molecular complexity index is 1220. The summed E-state index contributed by atoms with van der Waals surface area (Å²) < 4.78 is 2.01. The largest absolute Gasteiger partial charge is 0.318 e. The van der Waals surface area contributed by atoms with Crippen LogP contribution in [0.2, 0.25) is 0 Å². The van der Waals surface area contributed by atoms with E-state index in [1.807, 2.05) is 66.9 Å². The first-order valence-corrected chi connectivity index (χ1v) is 10.9. The van der Waals surface area contributed by atoms with Gasteiger partial charge in [0.25, 0.3) is 11.8 Å². The summed E-state index contributed by atoms with van der Waals surface area (Å²) in [6, 6.07) is 18.8. The average Bonchev–Trinajstić information content (AvgIpc) is 3.44. The molecule has 0 atom stereocenters. The molecular formula is C23H22N6O2S. The number of aryl methyl sites for hydroxylation is 1. The van der Waals surface area contributed by atoms with Crippen LogP contribution >= 0.6 is 11.8 Å². The topological polar surface area (TPSA) is 105 Å². The van der Waals surface area contributed by atoms with E-state index in [1.165, 1.54) is 18.1 Å². The molecule has 2 aromatic carbocycles. The van der Waals surface area contributed by atoms with Gasteiger partial charge in [0.1, 0.15) is 6.33 Å². The minimum atomic E-state index is -0.385. The molecule has 0 saturated carbocycles. The molecule has 0 saturated heterocycles. The predicted octanol–water partition coefficient (Wildman–Crippen LogP) is 3.58. The van der Waals surface area contributed by atoms with Crippen LogP contribution in [0, 0.1) is 13.8 Å². The number of carbonyl (C=O) groups is 2. The number of nitrogens with one attached hydrogen (secondary N) is 3. The van der Waals surface area contributed by atoms with Crippen molar-refractivity contribution in [3.05, 3.63) is 95.1 Å². The maximum Gasteiger partial charge on any atom is 0.271 e. The van der Waals surface area contributed by atoms with Gasteiger partial charge in [-0.05, 0) is 49.7 Å². The Balaban J connectivity index is 1.36. The second kappa shape index (κ2) is 9.52. The highest BCUT2D eigenvalue weighted by atomic mass is 32.2. The molecule has 2 amide bonds. The summed E-state index contributed by atoms with van der Waals surface area (Å²) in [6.07, 6.45) is 1.46. The molecule has 0 unspecified atom stereocenters. The van der Waals surface area contributed by atoms with E-state index >= 15 is 0 Å². The molecule has 4 rings (SSSR count). The molecule has 0 fully saturated rings. The number of amides is 2. The number of hydrazine groups is 1. The van der Waals surface area contributed by atoms with Crippen molar-refractivity contribution >= 4 is 23.6 Å². The number of H-pyrrole nitrogens is 1. The fraction of sp³-hybridized carbons (Fsp3) is 0.130. The molecule has 9 heteroatoms. The summed E-state index contributed by atoms with van der Waals surface area (Å²) in [5.74, 6) is -0.0522. The molecule has 0 aliphatic rings. The van der Waals surface area contributed by atoms with Crippen LogP contribution in [-0.4, -0.2) is 31.6 Å². The zero-order valence-corrected chi connectivity index (χ0v) is 18.4. The average molecular weight is 447 g/mol. The highest BCUT2D eigenvalue weighted by Gasteiger charge is 2.17. The molecule has 2 aromatic heterocycles. The molecule has 8 nitrogen and oxygen atoms in total. The molecule has 0 aliphatic carbocycles. The van der Waals surface area contributed by atoms with Gasteiger partial charge in [-0.15, -0.1) is 0 Å². The van der Waals surface area contributed by atoms with Crippen LogP contribution in [0.15, 0.2) is 72.1 Å². The van der Waals surface area contributed by atoms with E-state index in [-0.39, 0.29) is 11.8 Å². The number of aromatic amines is 1. The van der Waals surface area contributed by atoms with E-state index in [4.69, 9.17) is 0 Å². The first-order chi connectivity index (χ1) is 15.5. The van der Waals surface area contributed by atoms with Crippen LogP contribution in [0.25, 0.3) is 5.69 Å². The van der Waals surface area contributed by atoms with Crippen molar-refractivity contribution in [3.8, 4) is 5.69 Å². The molecule has 0 spiro atoms. The number of hydrogen-bond acceptors (Lipinski definition) is 5. The summed E-state index contributed by atoms with van der Waals surface area (Å²) in [6.45, 7) is 3.82. The van der Waals surface area contributed by atoms with Crippen molar-refractivity contribution < 1.29 is 9.59 Å². The van der Waals surface area contributed by atoms with Gasteiger partial charge in [0.15, 0.2) is 5.16 Å². The van der Waals surface area contributed by atoms with Crippen LogP contribution in [0.5, 0.6) is 0 Å². The third kappa shape index (κ3) is 4.73. The number of aromatic nitrogens is 4. The molecule has 2 heterocycles. The SMILES string of the molecule is Cc1cc(C(=O)NNC(=O)c2ccc(CSc3ncn[nH]3)cc2)c(C)n1-c1ccccc1. The monoisotopic (exact) mass is 446 g/mol. The van der Waals surface area contributed by atoms with Crippen LogP contribution < -0.4 is 10.9 Å². The lowest BCUT2D eigenvalue weighted by Gasteiger charge is -2.10. The van der Waals surface area contributed by atoms with Gasteiger partial charge >= 0.3 is 0 Å². The van der Waals surface area contributed by atoms with Gasteiger partial charge in [-0.1, -0.05) is 42.1 Å². The number of nitrogens with zero attached hydrogens (tertiary/aromatic N) is 3. The fourth-order valence-electron chi connectivity index (χ4n) is 3.39. The van der Waals surface area contributed by atoms with Crippen molar-refractivity contribution in [2.75, 3.05) is 0 Å². The number of para-hydroxylation sites is 1. The highest BCUT2D eigenvalue weighted by Crippen LogP contribution is 2.21. The second-order valence-corrected chi connectivity index (χ2v) is 8.10. The summed E-state index contributed by atoms with van der Waals surface area (Å²) in [7, 11) is 0. The standard InChI is InChI=1S/C23H22N6O2S/c1-15-12-20(16(2)29(15)19-6-4-3-5-7-19)22(31)27-26-21(30)18-10-8-17(9-11-18)13-32-23-24-14-25-28-23/h3-12,14H,13H2,1-2H3,(H,26,30)(H,27,31)(H,24,25,28). The van der Waals surface area contributed by atoms with Gasteiger partial charge in [0.05, 0.1) is 5.56 Å². The Hall–Kier alpha value is -3.85. The first-order valence-electron chi connectivity index (χ1n) is 9.95. The summed E-state index contributed by atoms with van der Waals surface area (Å²) in [5.41, 5.74) is 9.72. The van der Waals surface area contributed by atoms with Gasteiger partial charge in [0.2, 0.25) is 0 Å². The zero-order valence-electron chi connectivity index (χ0n) is 17.6. The number of carbonyl (C=O) groups excluding carboxylic acids is 2. The normalized spacial score (nSPS) is 10.7. The Morgan fingerprint density at radius 2 is 1.72 bits per heavy atom. The molecule has 3 N–H and O–H groups in total. The zero-order chi connectivity index (χ0) is 22.5. The molecular weight excluding hydrogens is 424 g/mol. The number of benzene rings is 2. The lowest BCUT2D eigenvalue weighted by atomic mass is 10.1. The van der Waals surface area contributed by atoms with Crippen LogP contribution in [0.1, 0.15) is 37.7 Å². The van der Waals surface area contributed by atoms with Gasteiger partial charge < -0.3 is 4.57 Å². The number of rotatable bonds is 6. The van der Waals surface area contributed by atoms with Gasteiger partial charge in [-0.25, -0.2) is 4.98 Å². The second-order valence-electron chi connectivity index (χ2n) is 7.14. The van der Waals surface area contributed by atoms with Crippen molar-refractivity contribution in [1.82, 2.24) is 30.6 Å². The van der Waals surface area contributed by atoms with Gasteiger partial charge in [0, 0.05) is 28.4 Å². The third-order valence-corrected chi connectivity index (χ3v) is 5.91. The minimum Gasteiger partial charge on any atom is -0.318 e. The van der Waals surface area contributed by atoms with Crippen LogP contribution in [0.4, 0.5) is 0 Å². The molecule has 0 bridgehead atoms. The van der Waals surface area contributed by atoms with Crippen molar-refractivity contribution in [1.29, 1.82) is 0 Å². The third-order valence-electron chi connectivity index (χ3n) is 4.96. The lowest BCUT2D eigenvalue weighted by molar-refractivity contribution is 0.0846. The molecule has 0 radical (unpaired) electrons. The van der Waals surface area contributed by atoms with E-state index in [1.54, 1.807) is 12.1 Å². The summed E-state index contributed by atoms with van der Waals surface area (Å²) in [4.78, 5) is 29.2. The van der Waals surface area contributed by atoms with Crippen LogP contribution in [-0.2, 0) is 5.75 Å². The minimum absolute atomic E-state index is 0.367. The van der Waals surface area contributed by atoms with E-state index in [9.17, 15) is 9.59 Å². The number of hydrogen-bond donors (Lipinski definition) is 3. The predicted molar refractivity (Wildman–Crippen MR) is 123 cm³/mol. The highest BCUT2D eigenvalue weighted by molar-refractivity contribution is 7.98. The molecule has 4 aromatic rings. The number of thioether (sulfide) groups is 1. The first kappa shape index (κ1) is 21.4. The van der Waals surface area contributed by atoms with E-state index in [0.717, 1.165) is 27.8 Å². The Morgan fingerprint density at radius 1 is 1.00 bits per heavy atom. The van der Waals surface area contributed by atoms with Crippen molar-refractivity contribution in [3.63, 3.8) is 0 Å². The maximum absolute atomic E-state index is 12.7. The Labute approximate surface area is 189 Å². The fourth-order valence-corrected chi connectivity index (χ4v) is 4.12. The Morgan fingerprint density at radius 3 is 2.41 bits per heavy atom. The van der Waals surface area contributed by atoms with E-state index < -0.39 is 0 Å². The maximum atomic E-state index is 12.7. The Kier molecular flexibility index (Phi) is 6.37. The van der Waals surface area contributed by atoms with Crippen molar-refractivity contribution in [2.24, 2.45) is 0 Å². The summed E-state index contributed by atoms with van der Waals surface area (Å²) >= 11 is 1.52. The van der Waals surface area contributed by atoms with Crippen molar-refractivity contribution in [2.45, 2.75) is 24.8 Å². The molecule has 32 heavy (non-hydrogen) atoms. The molecule has 162 valence electrons.